The maximum atomic E-state index is 12.4. The Bertz CT molecular complexity index is 925. The van der Waals surface area contributed by atoms with Crippen LogP contribution in [0.3, 0.4) is 0 Å². The van der Waals surface area contributed by atoms with E-state index in [1.54, 1.807) is 25.3 Å². The fourth-order valence-electron chi connectivity index (χ4n) is 2.78. The van der Waals surface area contributed by atoms with Crippen molar-refractivity contribution in [1.29, 1.82) is 0 Å². The summed E-state index contributed by atoms with van der Waals surface area (Å²) < 4.78 is 26.8. The molecule has 0 aliphatic carbocycles. The molecule has 3 aromatic rings. The summed E-state index contributed by atoms with van der Waals surface area (Å²) in [6.45, 7) is 3.14. The van der Waals surface area contributed by atoms with E-state index in [-0.39, 0.29) is 5.97 Å². The Morgan fingerprint density at radius 2 is 1.37 bits per heavy atom. The van der Waals surface area contributed by atoms with Gasteiger partial charge in [-0.05, 0) is 47.2 Å². The van der Waals surface area contributed by atoms with Gasteiger partial charge in [0, 0.05) is 7.11 Å². The molecule has 0 N–H and O–H groups in total. The topological polar surface area (TPSA) is 63.2 Å². The van der Waals surface area contributed by atoms with Gasteiger partial charge in [-0.2, -0.15) is 0 Å². The Balaban J connectivity index is 1.46. The molecule has 6 heteroatoms. The number of ether oxygens (including phenoxy) is 5. The molecule has 3 rings (SSSR count). The molecule has 0 unspecified atom stereocenters. The lowest BCUT2D eigenvalue weighted by atomic mass is 10.1. The van der Waals surface area contributed by atoms with Gasteiger partial charge >= 0.3 is 5.97 Å². The number of carbonyl (C=O) groups is 1. The van der Waals surface area contributed by atoms with Crippen molar-refractivity contribution in [2.75, 3.05) is 46.8 Å². The number of rotatable bonds is 12. The van der Waals surface area contributed by atoms with Crippen LogP contribution in [0.15, 0.2) is 66.7 Å². The van der Waals surface area contributed by atoms with Crippen molar-refractivity contribution >= 4 is 16.7 Å². The molecule has 0 atom stereocenters. The molecular weight excluding hydrogens is 384 g/mol. The van der Waals surface area contributed by atoms with Crippen LogP contribution < -0.4 is 9.47 Å². The summed E-state index contributed by atoms with van der Waals surface area (Å²) in [5, 5.41) is 1.92. The fraction of sp³-hybridized carbons (Fsp3) is 0.292. The van der Waals surface area contributed by atoms with Gasteiger partial charge in [0.05, 0.1) is 38.6 Å². The molecule has 158 valence electrons. The Morgan fingerprint density at radius 1 is 0.700 bits per heavy atom. The minimum absolute atomic E-state index is 0.383. The molecule has 0 bridgehead atoms. The van der Waals surface area contributed by atoms with Crippen LogP contribution in [-0.2, 0) is 14.2 Å². The maximum Gasteiger partial charge on any atom is 0.343 e. The number of esters is 1. The predicted octanol–water partition coefficient (Wildman–Crippen LogP) is 4.12. The van der Waals surface area contributed by atoms with Gasteiger partial charge in [-0.1, -0.05) is 30.3 Å². The van der Waals surface area contributed by atoms with E-state index in [2.05, 4.69) is 0 Å². The summed E-state index contributed by atoms with van der Waals surface area (Å²) >= 11 is 0. The number of methoxy groups -OCH3 is 1. The molecule has 0 amide bonds. The van der Waals surface area contributed by atoms with Crippen LogP contribution in [0.4, 0.5) is 0 Å². The van der Waals surface area contributed by atoms with Crippen LogP contribution in [0, 0.1) is 0 Å². The molecular formula is C24H26O6. The smallest absolute Gasteiger partial charge is 0.343 e. The summed E-state index contributed by atoms with van der Waals surface area (Å²) in [6.07, 6.45) is 0. The number of hydrogen-bond donors (Lipinski definition) is 0. The van der Waals surface area contributed by atoms with Crippen molar-refractivity contribution in [2.24, 2.45) is 0 Å². The monoisotopic (exact) mass is 410 g/mol. The molecule has 6 nitrogen and oxygen atoms in total. The van der Waals surface area contributed by atoms with Crippen molar-refractivity contribution < 1.29 is 28.5 Å². The zero-order valence-electron chi connectivity index (χ0n) is 17.0. The molecule has 0 spiro atoms. The minimum Gasteiger partial charge on any atom is -0.491 e. The van der Waals surface area contributed by atoms with Crippen molar-refractivity contribution in [3.05, 3.63) is 72.3 Å². The molecule has 0 aliphatic heterocycles. The van der Waals surface area contributed by atoms with E-state index in [0.717, 1.165) is 16.5 Å². The summed E-state index contributed by atoms with van der Waals surface area (Å²) in [7, 11) is 1.64. The highest BCUT2D eigenvalue weighted by Crippen LogP contribution is 2.23. The second kappa shape index (κ2) is 11.9. The van der Waals surface area contributed by atoms with Crippen molar-refractivity contribution in [1.82, 2.24) is 0 Å². The van der Waals surface area contributed by atoms with Crippen LogP contribution in [0.2, 0.25) is 0 Å². The summed E-state index contributed by atoms with van der Waals surface area (Å²) in [5.41, 5.74) is 0.501. The van der Waals surface area contributed by atoms with Gasteiger partial charge in [0.2, 0.25) is 0 Å². The Hall–Kier alpha value is -2.93. The highest BCUT2D eigenvalue weighted by Gasteiger charge is 2.09. The molecule has 0 saturated carbocycles. The third-order valence-corrected chi connectivity index (χ3v) is 4.30. The third-order valence-electron chi connectivity index (χ3n) is 4.30. The van der Waals surface area contributed by atoms with Gasteiger partial charge in [-0.25, -0.2) is 4.79 Å². The zero-order valence-corrected chi connectivity index (χ0v) is 17.0. The number of hydrogen-bond acceptors (Lipinski definition) is 6. The lowest BCUT2D eigenvalue weighted by Gasteiger charge is -2.09. The summed E-state index contributed by atoms with van der Waals surface area (Å²) in [6, 6.07) is 20.2. The molecule has 3 aromatic carbocycles. The number of para-hydroxylation sites is 1. The van der Waals surface area contributed by atoms with Crippen molar-refractivity contribution in [3.8, 4) is 11.5 Å². The van der Waals surface area contributed by atoms with E-state index >= 15 is 0 Å². The van der Waals surface area contributed by atoms with Crippen LogP contribution in [0.1, 0.15) is 10.4 Å². The maximum absolute atomic E-state index is 12.4. The highest BCUT2D eigenvalue weighted by molar-refractivity contribution is 5.96. The molecule has 0 saturated heterocycles. The first-order valence-electron chi connectivity index (χ1n) is 9.84. The van der Waals surface area contributed by atoms with E-state index in [1.807, 2.05) is 48.5 Å². The first-order valence-corrected chi connectivity index (χ1v) is 9.84. The fourth-order valence-corrected chi connectivity index (χ4v) is 2.78. The molecule has 0 fully saturated rings. The SMILES string of the molecule is COCCOCCOCCOc1ccc2cc(C(=O)Oc3ccccc3)ccc2c1. The third kappa shape index (κ3) is 6.84. The lowest BCUT2D eigenvalue weighted by Crippen LogP contribution is -2.12. The Labute approximate surface area is 176 Å². The molecule has 0 radical (unpaired) electrons. The van der Waals surface area contributed by atoms with E-state index in [1.165, 1.54) is 0 Å². The molecule has 0 aromatic heterocycles. The first-order chi connectivity index (χ1) is 14.8. The van der Waals surface area contributed by atoms with E-state index in [4.69, 9.17) is 23.7 Å². The van der Waals surface area contributed by atoms with E-state index < -0.39 is 0 Å². The van der Waals surface area contributed by atoms with Gasteiger partial charge in [-0.3, -0.25) is 0 Å². The lowest BCUT2D eigenvalue weighted by molar-refractivity contribution is 0.0180. The largest absolute Gasteiger partial charge is 0.491 e. The van der Waals surface area contributed by atoms with Crippen molar-refractivity contribution in [3.63, 3.8) is 0 Å². The zero-order chi connectivity index (χ0) is 21.0. The molecule has 0 heterocycles. The van der Waals surface area contributed by atoms with E-state index in [9.17, 15) is 4.79 Å². The van der Waals surface area contributed by atoms with Gasteiger partial charge in [0.15, 0.2) is 0 Å². The van der Waals surface area contributed by atoms with Gasteiger partial charge in [0.25, 0.3) is 0 Å². The van der Waals surface area contributed by atoms with Gasteiger partial charge < -0.3 is 23.7 Å². The Kier molecular flexibility index (Phi) is 8.65. The molecule has 30 heavy (non-hydrogen) atoms. The van der Waals surface area contributed by atoms with Crippen LogP contribution >= 0.6 is 0 Å². The molecule has 0 aliphatic rings. The normalized spacial score (nSPS) is 10.8. The average molecular weight is 410 g/mol. The average Bonchev–Trinajstić information content (AvgIpc) is 2.78. The standard InChI is InChI=1S/C24H26O6/c1-26-11-12-27-13-14-28-15-16-29-23-10-9-19-17-21(8-7-20(19)18-23)24(25)30-22-5-3-2-4-6-22/h2-10,17-18H,11-16H2,1H3. The van der Waals surface area contributed by atoms with Gasteiger partial charge in [-0.15, -0.1) is 0 Å². The number of fused-ring (bicyclic) bond motifs is 1. The second-order valence-electron chi connectivity index (χ2n) is 6.49. The van der Waals surface area contributed by atoms with Gasteiger partial charge in [0.1, 0.15) is 18.1 Å². The summed E-state index contributed by atoms with van der Waals surface area (Å²) in [5.74, 6) is 0.893. The number of carbonyl (C=O) groups excluding carboxylic acids is 1. The highest BCUT2D eigenvalue weighted by atomic mass is 16.6. The van der Waals surface area contributed by atoms with Crippen molar-refractivity contribution in [2.45, 2.75) is 0 Å². The minimum atomic E-state index is -0.383. The first kappa shape index (κ1) is 21.8. The van der Waals surface area contributed by atoms with Crippen LogP contribution in [0.5, 0.6) is 11.5 Å². The predicted molar refractivity (Wildman–Crippen MR) is 114 cm³/mol. The van der Waals surface area contributed by atoms with Crippen LogP contribution in [0.25, 0.3) is 10.8 Å². The summed E-state index contributed by atoms with van der Waals surface area (Å²) in [4.78, 5) is 12.4. The van der Waals surface area contributed by atoms with Crippen LogP contribution in [-0.4, -0.2) is 52.7 Å². The quantitative estimate of drug-likeness (QED) is 0.254. The second-order valence-corrected chi connectivity index (χ2v) is 6.49. The van der Waals surface area contributed by atoms with E-state index in [0.29, 0.717) is 51.0 Å². The number of benzene rings is 3. The Morgan fingerprint density at radius 3 is 2.13 bits per heavy atom.